The molecule has 2 aromatic rings. The summed E-state index contributed by atoms with van der Waals surface area (Å²) in [7, 11) is -3.58. The smallest absolute Gasteiger partial charge is 1.00 e. The monoisotopic (exact) mass is 439 g/mol. The minimum atomic E-state index is -3.58. The summed E-state index contributed by atoms with van der Waals surface area (Å²) < 4.78 is 28.6. The molecule has 0 saturated heterocycles. The van der Waals surface area contributed by atoms with Gasteiger partial charge in [-0.25, -0.2) is 13.1 Å². The summed E-state index contributed by atoms with van der Waals surface area (Å²) in [5, 5.41) is 10.4. The Balaban J connectivity index is 0.00000240. The first-order chi connectivity index (χ1) is 13.9. The van der Waals surface area contributed by atoms with Crippen molar-refractivity contribution in [1.29, 1.82) is 0 Å². The fourth-order valence-electron chi connectivity index (χ4n) is 4.30. The minimum absolute atomic E-state index is 0. The molecule has 158 valence electrons. The predicted octanol–water partition coefficient (Wildman–Crippen LogP) is 2.00. The van der Waals surface area contributed by atoms with E-state index in [0.717, 1.165) is 36.5 Å². The number of hydrogen-bond donors (Lipinski definition) is 2. The number of carbonyl (C=O) groups is 1. The van der Waals surface area contributed by atoms with Crippen LogP contribution in [0.5, 0.6) is 0 Å². The second-order valence-electron chi connectivity index (χ2n) is 7.94. The Morgan fingerprint density at radius 1 is 1.10 bits per heavy atom. The van der Waals surface area contributed by atoms with E-state index in [1.54, 1.807) is 12.1 Å². The van der Waals surface area contributed by atoms with E-state index in [-0.39, 0.29) is 42.8 Å². The van der Waals surface area contributed by atoms with Crippen LogP contribution in [0.3, 0.4) is 0 Å². The molecule has 0 aliphatic heterocycles. The summed E-state index contributed by atoms with van der Waals surface area (Å²) in [5.41, 5.74) is 0.112. The summed E-state index contributed by atoms with van der Waals surface area (Å²) in [6.07, 6.45) is 10.9. The summed E-state index contributed by atoms with van der Waals surface area (Å²) in [6, 6.07) is 12.9. The van der Waals surface area contributed by atoms with Gasteiger partial charge in [0.15, 0.2) is 0 Å². The van der Waals surface area contributed by atoms with E-state index in [4.69, 9.17) is 5.11 Å². The molecule has 1 fully saturated rings. The third kappa shape index (κ3) is 6.66. The standard InChI is InChI=1S/C23H29NO4S.Na.H/c25-22(26)13-2-1-5-14-23(15-6-7-16-23)17-18-24-29(27,28)21-12-8-10-19-9-3-4-11-20(19)21;;/h1,3-5,8-12,24H,2,6-7,13-18H2,(H,25,26);;/q;+1;-1/b5-1-;;. The molecule has 0 atom stereocenters. The number of carboxylic acids is 1. The van der Waals surface area contributed by atoms with Gasteiger partial charge in [0, 0.05) is 18.4 Å². The van der Waals surface area contributed by atoms with Crippen molar-refractivity contribution >= 4 is 26.8 Å². The normalized spacial score (nSPS) is 16.0. The molecular formula is C23H30NNaO4S. The topological polar surface area (TPSA) is 83.5 Å². The van der Waals surface area contributed by atoms with E-state index >= 15 is 0 Å². The molecule has 0 spiro atoms. The molecular weight excluding hydrogens is 409 g/mol. The number of nitrogens with one attached hydrogen (secondary N) is 1. The SMILES string of the molecule is O=C(O)CC/C=C\CC1(CCNS(=O)(=O)c2cccc3ccccc23)CCCC1.[H-].[Na+]. The summed E-state index contributed by atoms with van der Waals surface area (Å²) in [4.78, 5) is 10.9. The Morgan fingerprint density at radius 3 is 2.53 bits per heavy atom. The molecule has 1 aliphatic carbocycles. The molecule has 0 heterocycles. The molecule has 0 aromatic heterocycles. The number of allylic oxidation sites excluding steroid dienone is 2. The number of fused-ring (bicyclic) bond motifs is 1. The van der Waals surface area contributed by atoms with Gasteiger partial charge in [-0.2, -0.15) is 0 Å². The minimum Gasteiger partial charge on any atom is -1.00 e. The first-order valence-electron chi connectivity index (χ1n) is 10.3. The number of carboxylic acid groups (broad SMARTS) is 1. The Morgan fingerprint density at radius 2 is 1.80 bits per heavy atom. The fourth-order valence-corrected chi connectivity index (χ4v) is 5.56. The van der Waals surface area contributed by atoms with E-state index < -0.39 is 16.0 Å². The van der Waals surface area contributed by atoms with Crippen molar-refractivity contribution in [2.45, 2.75) is 56.3 Å². The average molecular weight is 440 g/mol. The maximum Gasteiger partial charge on any atom is 1.00 e. The largest absolute Gasteiger partial charge is 1.00 e. The average Bonchev–Trinajstić information content (AvgIpc) is 3.15. The zero-order chi connectivity index (χ0) is 20.7. The molecule has 2 aromatic carbocycles. The van der Waals surface area contributed by atoms with Crippen molar-refractivity contribution in [3.8, 4) is 0 Å². The van der Waals surface area contributed by atoms with Gasteiger partial charge >= 0.3 is 35.5 Å². The fraction of sp³-hybridized carbons (Fsp3) is 0.435. The quantitative estimate of drug-likeness (QED) is 0.438. The van der Waals surface area contributed by atoms with Crippen LogP contribution in [0.15, 0.2) is 59.5 Å². The van der Waals surface area contributed by atoms with Gasteiger partial charge in [0.1, 0.15) is 0 Å². The maximum absolute atomic E-state index is 12.9. The Labute approximate surface area is 202 Å². The number of sulfonamides is 1. The van der Waals surface area contributed by atoms with Gasteiger partial charge in [0.2, 0.25) is 10.0 Å². The molecule has 1 aliphatic rings. The van der Waals surface area contributed by atoms with Crippen LogP contribution in [-0.4, -0.2) is 26.0 Å². The van der Waals surface area contributed by atoms with Crippen LogP contribution in [0.4, 0.5) is 0 Å². The van der Waals surface area contributed by atoms with Crippen LogP contribution < -0.4 is 34.3 Å². The van der Waals surface area contributed by atoms with Crippen molar-refractivity contribution in [3.63, 3.8) is 0 Å². The van der Waals surface area contributed by atoms with Crippen LogP contribution in [0, 0.1) is 5.41 Å². The first kappa shape index (κ1) is 25.1. The van der Waals surface area contributed by atoms with Gasteiger partial charge in [-0.1, -0.05) is 61.4 Å². The zero-order valence-electron chi connectivity index (χ0n) is 18.6. The number of benzene rings is 2. The third-order valence-corrected chi connectivity index (χ3v) is 7.41. The molecule has 3 rings (SSSR count). The maximum atomic E-state index is 12.9. The van der Waals surface area contributed by atoms with Crippen LogP contribution in [-0.2, 0) is 14.8 Å². The van der Waals surface area contributed by atoms with Crippen molar-refractivity contribution in [2.75, 3.05) is 6.54 Å². The molecule has 0 unspecified atom stereocenters. The Hall–Kier alpha value is -1.18. The van der Waals surface area contributed by atoms with E-state index in [1.165, 1.54) is 12.8 Å². The molecule has 30 heavy (non-hydrogen) atoms. The number of hydrogen-bond acceptors (Lipinski definition) is 3. The molecule has 2 N–H and O–H groups in total. The summed E-state index contributed by atoms with van der Waals surface area (Å²) >= 11 is 0. The van der Waals surface area contributed by atoms with Crippen molar-refractivity contribution in [3.05, 3.63) is 54.6 Å². The van der Waals surface area contributed by atoms with Gasteiger partial charge < -0.3 is 6.53 Å². The second kappa shape index (κ2) is 11.4. The Bertz CT molecular complexity index is 983. The van der Waals surface area contributed by atoms with Gasteiger partial charge in [-0.3, -0.25) is 4.79 Å². The Kier molecular flexibility index (Phi) is 9.57. The van der Waals surface area contributed by atoms with Crippen molar-refractivity contribution in [2.24, 2.45) is 5.41 Å². The van der Waals surface area contributed by atoms with Crippen LogP contribution in [0.2, 0.25) is 0 Å². The number of aliphatic carboxylic acids is 1. The summed E-state index contributed by atoms with van der Waals surface area (Å²) in [5.74, 6) is -0.784. The first-order valence-corrected chi connectivity index (χ1v) is 11.7. The van der Waals surface area contributed by atoms with E-state index in [0.29, 0.717) is 17.9 Å². The predicted molar refractivity (Wildman–Crippen MR) is 116 cm³/mol. The molecule has 0 bridgehead atoms. The van der Waals surface area contributed by atoms with Gasteiger partial charge in [-0.15, -0.1) is 0 Å². The number of rotatable bonds is 10. The molecule has 5 nitrogen and oxygen atoms in total. The zero-order valence-corrected chi connectivity index (χ0v) is 20.5. The van der Waals surface area contributed by atoms with Gasteiger partial charge in [0.25, 0.3) is 0 Å². The van der Waals surface area contributed by atoms with Crippen LogP contribution in [0.25, 0.3) is 10.8 Å². The van der Waals surface area contributed by atoms with Gasteiger partial charge in [-0.05, 0) is 49.0 Å². The summed E-state index contributed by atoms with van der Waals surface area (Å²) in [6.45, 7) is 0.411. The second-order valence-corrected chi connectivity index (χ2v) is 9.68. The molecule has 0 amide bonds. The van der Waals surface area contributed by atoms with Crippen LogP contribution >= 0.6 is 0 Å². The van der Waals surface area contributed by atoms with E-state index in [2.05, 4.69) is 10.8 Å². The van der Waals surface area contributed by atoms with E-state index in [1.807, 2.05) is 36.4 Å². The van der Waals surface area contributed by atoms with Crippen LogP contribution in [0.1, 0.15) is 52.8 Å². The van der Waals surface area contributed by atoms with Gasteiger partial charge in [0.05, 0.1) is 4.90 Å². The third-order valence-electron chi connectivity index (χ3n) is 5.89. The molecule has 0 radical (unpaired) electrons. The molecule has 1 saturated carbocycles. The van der Waals surface area contributed by atoms with Crippen molar-refractivity contribution < 1.29 is 49.3 Å². The van der Waals surface area contributed by atoms with E-state index in [9.17, 15) is 13.2 Å². The molecule has 7 heteroatoms. The van der Waals surface area contributed by atoms with Crippen molar-refractivity contribution in [1.82, 2.24) is 4.72 Å².